The van der Waals surface area contributed by atoms with Crippen molar-refractivity contribution in [3.63, 3.8) is 0 Å². The summed E-state index contributed by atoms with van der Waals surface area (Å²) in [6, 6.07) is 14.8. The van der Waals surface area contributed by atoms with Crippen molar-refractivity contribution < 1.29 is 4.92 Å². The predicted molar refractivity (Wildman–Crippen MR) is 98.4 cm³/mol. The van der Waals surface area contributed by atoms with Crippen LogP contribution in [-0.2, 0) is 0 Å². The maximum absolute atomic E-state index is 10.7. The molecule has 0 bridgehead atoms. The second-order valence-corrected chi connectivity index (χ2v) is 5.60. The van der Waals surface area contributed by atoms with Crippen molar-refractivity contribution in [2.45, 2.75) is 6.17 Å². The van der Waals surface area contributed by atoms with Gasteiger partial charge in [-0.2, -0.15) is 15.3 Å². The molecule has 0 aliphatic heterocycles. The summed E-state index contributed by atoms with van der Waals surface area (Å²) in [6.07, 6.45) is 1.93. The van der Waals surface area contributed by atoms with E-state index < -0.39 is 11.1 Å². The molecule has 0 spiro atoms. The lowest BCUT2D eigenvalue weighted by molar-refractivity contribution is -0.385. The summed E-state index contributed by atoms with van der Waals surface area (Å²) in [4.78, 5) is 18.2. The van der Waals surface area contributed by atoms with Crippen LogP contribution in [0.1, 0.15) is 11.9 Å². The topological polar surface area (TPSA) is 118 Å². The number of pyridine rings is 2. The minimum Gasteiger partial charge on any atom is -0.258 e. The molecule has 27 heavy (non-hydrogen) atoms. The van der Waals surface area contributed by atoms with Crippen molar-refractivity contribution in [3.05, 3.63) is 87.8 Å². The van der Waals surface area contributed by atoms with Gasteiger partial charge in [0.15, 0.2) is 5.82 Å². The Bertz CT molecular complexity index is 961. The fourth-order valence-electron chi connectivity index (χ4n) is 1.96. The van der Waals surface area contributed by atoms with Crippen molar-refractivity contribution >= 4 is 28.8 Å². The minimum absolute atomic E-state index is 0.127. The molecular formula is C17H12ClN7O2. The normalized spacial score (nSPS) is 12.5. The second kappa shape index (κ2) is 8.68. The third-order valence-electron chi connectivity index (χ3n) is 3.27. The van der Waals surface area contributed by atoms with Crippen LogP contribution in [0.5, 0.6) is 0 Å². The van der Waals surface area contributed by atoms with Crippen molar-refractivity contribution in [3.8, 4) is 0 Å². The third-order valence-corrected chi connectivity index (χ3v) is 3.53. The van der Waals surface area contributed by atoms with Crippen molar-refractivity contribution in [1.82, 2.24) is 9.97 Å². The summed E-state index contributed by atoms with van der Waals surface area (Å²) >= 11 is 5.85. The number of halogens is 1. The number of azo groups is 2. The zero-order chi connectivity index (χ0) is 19.1. The Balaban J connectivity index is 1.83. The fourth-order valence-corrected chi connectivity index (χ4v) is 2.08. The van der Waals surface area contributed by atoms with Gasteiger partial charge in [-0.1, -0.05) is 17.7 Å². The zero-order valence-corrected chi connectivity index (χ0v) is 14.5. The van der Waals surface area contributed by atoms with Gasteiger partial charge in [0.25, 0.3) is 5.69 Å². The molecule has 0 fully saturated rings. The average molecular weight is 382 g/mol. The Morgan fingerprint density at radius 3 is 2.37 bits per heavy atom. The molecule has 1 atom stereocenters. The molecule has 9 nitrogen and oxygen atoms in total. The van der Waals surface area contributed by atoms with Crippen molar-refractivity contribution in [1.29, 1.82) is 0 Å². The molecule has 0 aliphatic carbocycles. The smallest absolute Gasteiger partial charge is 0.258 e. The number of nitrogens with zero attached hydrogens (tertiary/aromatic N) is 7. The quantitative estimate of drug-likeness (QED) is 0.313. The first-order chi connectivity index (χ1) is 13.1. The van der Waals surface area contributed by atoms with Gasteiger partial charge in [0.05, 0.1) is 16.3 Å². The van der Waals surface area contributed by atoms with E-state index in [0.29, 0.717) is 16.4 Å². The lowest BCUT2D eigenvalue weighted by atomic mass is 10.3. The monoisotopic (exact) mass is 381 g/mol. The van der Waals surface area contributed by atoms with Crippen LogP contribution >= 0.6 is 11.6 Å². The maximum atomic E-state index is 10.7. The van der Waals surface area contributed by atoms with E-state index in [1.807, 2.05) is 0 Å². The highest BCUT2D eigenvalue weighted by Crippen LogP contribution is 2.24. The second-order valence-electron chi connectivity index (χ2n) is 5.17. The Kier molecular flexibility index (Phi) is 5.85. The molecule has 2 aromatic heterocycles. The van der Waals surface area contributed by atoms with Gasteiger partial charge >= 0.3 is 0 Å². The summed E-state index contributed by atoms with van der Waals surface area (Å²) in [5, 5.41) is 27.7. The van der Waals surface area contributed by atoms with Gasteiger partial charge in [-0.25, -0.2) is 4.98 Å². The van der Waals surface area contributed by atoms with Gasteiger partial charge in [0.2, 0.25) is 6.17 Å². The number of aromatic nitrogens is 2. The van der Waals surface area contributed by atoms with E-state index in [1.165, 1.54) is 12.1 Å². The first-order valence-electron chi connectivity index (χ1n) is 7.70. The number of nitro groups is 1. The molecule has 0 amide bonds. The first-order valence-corrected chi connectivity index (χ1v) is 8.08. The van der Waals surface area contributed by atoms with E-state index in [9.17, 15) is 10.1 Å². The van der Waals surface area contributed by atoms with E-state index in [1.54, 1.807) is 48.7 Å². The van der Waals surface area contributed by atoms with Crippen LogP contribution in [0.3, 0.4) is 0 Å². The summed E-state index contributed by atoms with van der Waals surface area (Å²) in [5.74, 6) is 0.211. The summed E-state index contributed by atoms with van der Waals surface area (Å²) in [7, 11) is 0. The summed E-state index contributed by atoms with van der Waals surface area (Å²) in [6.45, 7) is 0. The number of rotatable bonds is 6. The molecule has 0 saturated carbocycles. The molecule has 10 heteroatoms. The maximum Gasteiger partial charge on any atom is 0.287 e. The largest absolute Gasteiger partial charge is 0.287 e. The standard InChI is InChI=1S/C17H12ClN7O2/c18-12-4-6-13(7-5-12)21-23-17(15-3-1-2-10-19-15)24-22-16-9-8-14(11-20-16)25(26)27/h1-11,17H. The first kappa shape index (κ1) is 18.2. The number of hydrogen-bond donors (Lipinski definition) is 0. The van der Waals surface area contributed by atoms with Gasteiger partial charge in [0.1, 0.15) is 6.20 Å². The van der Waals surface area contributed by atoms with Gasteiger partial charge in [-0.3, -0.25) is 15.1 Å². The molecule has 2 heterocycles. The van der Waals surface area contributed by atoms with Crippen LogP contribution in [0.15, 0.2) is 87.4 Å². The molecule has 3 rings (SSSR count). The highest BCUT2D eigenvalue weighted by molar-refractivity contribution is 6.30. The Labute approximate surface area is 158 Å². The number of hydrogen-bond acceptors (Lipinski definition) is 8. The third kappa shape index (κ3) is 5.19. The van der Waals surface area contributed by atoms with Crippen LogP contribution < -0.4 is 0 Å². The van der Waals surface area contributed by atoms with E-state index in [2.05, 4.69) is 30.4 Å². The van der Waals surface area contributed by atoms with Gasteiger partial charge in [-0.15, -0.1) is 5.11 Å². The minimum atomic E-state index is -0.793. The lowest BCUT2D eigenvalue weighted by Gasteiger charge is -2.04. The lowest BCUT2D eigenvalue weighted by Crippen LogP contribution is -1.93. The molecule has 0 radical (unpaired) electrons. The highest BCUT2D eigenvalue weighted by atomic mass is 35.5. The molecular weight excluding hydrogens is 370 g/mol. The molecule has 3 aromatic rings. The molecule has 1 unspecified atom stereocenters. The summed E-state index contributed by atoms with van der Waals surface area (Å²) in [5.41, 5.74) is 1.02. The molecule has 1 aromatic carbocycles. The Hall–Kier alpha value is -3.59. The Morgan fingerprint density at radius 2 is 1.74 bits per heavy atom. The van der Waals surface area contributed by atoms with Crippen LogP contribution in [0.4, 0.5) is 17.2 Å². The van der Waals surface area contributed by atoms with E-state index in [-0.39, 0.29) is 11.5 Å². The van der Waals surface area contributed by atoms with Crippen molar-refractivity contribution in [2.24, 2.45) is 20.5 Å². The molecule has 0 saturated heterocycles. The zero-order valence-electron chi connectivity index (χ0n) is 13.8. The molecule has 0 N–H and O–H groups in total. The molecule has 0 aliphatic rings. The van der Waals surface area contributed by atoms with Crippen LogP contribution in [-0.4, -0.2) is 14.9 Å². The van der Waals surface area contributed by atoms with Crippen LogP contribution in [0, 0.1) is 10.1 Å². The van der Waals surface area contributed by atoms with E-state index in [4.69, 9.17) is 11.6 Å². The van der Waals surface area contributed by atoms with Gasteiger partial charge < -0.3 is 0 Å². The summed E-state index contributed by atoms with van der Waals surface area (Å²) < 4.78 is 0. The average Bonchev–Trinajstić information content (AvgIpc) is 2.70. The SMILES string of the molecule is O=[N+]([O-])c1ccc(N=NC(N=Nc2ccc(Cl)cc2)c2ccccn2)nc1. The van der Waals surface area contributed by atoms with E-state index in [0.717, 1.165) is 6.20 Å². The highest BCUT2D eigenvalue weighted by Gasteiger charge is 2.11. The van der Waals surface area contributed by atoms with Crippen LogP contribution in [0.25, 0.3) is 0 Å². The van der Waals surface area contributed by atoms with Gasteiger partial charge in [0, 0.05) is 17.3 Å². The fraction of sp³-hybridized carbons (Fsp3) is 0.0588. The molecule has 134 valence electrons. The predicted octanol–water partition coefficient (Wildman–Crippen LogP) is 5.60. The van der Waals surface area contributed by atoms with E-state index >= 15 is 0 Å². The Morgan fingerprint density at radius 1 is 0.963 bits per heavy atom. The van der Waals surface area contributed by atoms with Gasteiger partial charge in [-0.05, 0) is 42.5 Å². The van der Waals surface area contributed by atoms with Crippen LogP contribution in [0.2, 0.25) is 5.02 Å². The van der Waals surface area contributed by atoms with Crippen molar-refractivity contribution in [2.75, 3.05) is 0 Å². The number of benzene rings is 1.